The molecule has 0 atom stereocenters. The van der Waals surface area contributed by atoms with Crippen LogP contribution in [0, 0.1) is 5.92 Å². The van der Waals surface area contributed by atoms with Crippen LogP contribution in [0.4, 0.5) is 5.69 Å². The van der Waals surface area contributed by atoms with Gasteiger partial charge in [-0.05, 0) is 37.0 Å². The Morgan fingerprint density at radius 3 is 2.58 bits per heavy atom. The monoisotopic (exact) mass is 302 g/mol. The third-order valence-corrected chi connectivity index (χ3v) is 5.91. The lowest BCUT2D eigenvalue weighted by Crippen LogP contribution is -2.37. The Bertz CT molecular complexity index is 556. The predicted molar refractivity (Wildman–Crippen MR) is 77.6 cm³/mol. The highest BCUT2D eigenvalue weighted by Gasteiger charge is 2.28. The van der Waals surface area contributed by atoms with Gasteiger partial charge in [0.25, 0.3) is 0 Å². The molecule has 0 amide bonds. The molecule has 0 aromatic heterocycles. The minimum Gasteiger partial charge on any atom is -0.398 e. The molecular formula is C13H19ClN2O2S. The van der Waals surface area contributed by atoms with Crippen molar-refractivity contribution < 1.29 is 8.42 Å². The van der Waals surface area contributed by atoms with E-state index in [4.69, 9.17) is 17.3 Å². The van der Waals surface area contributed by atoms with E-state index in [1.165, 1.54) is 28.9 Å². The Labute approximate surface area is 119 Å². The number of benzene rings is 1. The van der Waals surface area contributed by atoms with Crippen LogP contribution in [0.1, 0.15) is 26.2 Å². The molecule has 4 nitrogen and oxygen atoms in total. The zero-order valence-corrected chi connectivity index (χ0v) is 12.5. The van der Waals surface area contributed by atoms with Crippen molar-refractivity contribution in [3.8, 4) is 0 Å². The van der Waals surface area contributed by atoms with Crippen molar-refractivity contribution >= 4 is 27.3 Å². The molecule has 106 valence electrons. The molecule has 1 saturated carbocycles. The molecule has 1 aromatic carbocycles. The molecule has 1 aliphatic rings. The van der Waals surface area contributed by atoms with E-state index in [1.807, 2.05) is 6.92 Å². The van der Waals surface area contributed by atoms with Crippen LogP contribution in [0.5, 0.6) is 0 Å². The number of rotatable bonds is 5. The summed E-state index contributed by atoms with van der Waals surface area (Å²) in [6.07, 6.45) is 3.44. The maximum Gasteiger partial charge on any atom is 0.243 e. The van der Waals surface area contributed by atoms with Gasteiger partial charge in [0.05, 0.1) is 15.6 Å². The van der Waals surface area contributed by atoms with Crippen molar-refractivity contribution in [1.82, 2.24) is 4.31 Å². The van der Waals surface area contributed by atoms with Crippen molar-refractivity contribution in [2.45, 2.75) is 31.1 Å². The molecule has 19 heavy (non-hydrogen) atoms. The smallest absolute Gasteiger partial charge is 0.243 e. The second-order valence-electron chi connectivity index (χ2n) is 4.94. The quantitative estimate of drug-likeness (QED) is 0.851. The lowest BCUT2D eigenvalue weighted by Gasteiger charge is -2.31. The van der Waals surface area contributed by atoms with Gasteiger partial charge in [-0.1, -0.05) is 24.9 Å². The lowest BCUT2D eigenvalue weighted by atomic mass is 9.85. The van der Waals surface area contributed by atoms with Gasteiger partial charge in [0.2, 0.25) is 10.0 Å². The second-order valence-corrected chi connectivity index (χ2v) is 7.28. The molecule has 1 fully saturated rings. The average Bonchev–Trinajstić information content (AvgIpc) is 2.31. The molecule has 0 aliphatic heterocycles. The fraction of sp³-hybridized carbons (Fsp3) is 0.538. The van der Waals surface area contributed by atoms with Crippen LogP contribution in [-0.2, 0) is 10.0 Å². The fourth-order valence-electron chi connectivity index (χ4n) is 2.18. The molecule has 1 aliphatic carbocycles. The number of sulfonamides is 1. The molecule has 0 radical (unpaired) electrons. The van der Waals surface area contributed by atoms with Crippen LogP contribution in [0.25, 0.3) is 0 Å². The van der Waals surface area contributed by atoms with Crippen molar-refractivity contribution in [2.75, 3.05) is 18.8 Å². The molecule has 1 aromatic rings. The van der Waals surface area contributed by atoms with Crippen LogP contribution in [-0.4, -0.2) is 25.8 Å². The van der Waals surface area contributed by atoms with E-state index in [-0.39, 0.29) is 9.92 Å². The summed E-state index contributed by atoms with van der Waals surface area (Å²) in [7, 11) is -3.47. The van der Waals surface area contributed by atoms with E-state index in [9.17, 15) is 8.42 Å². The largest absolute Gasteiger partial charge is 0.398 e. The Morgan fingerprint density at radius 2 is 2.11 bits per heavy atom. The number of nitrogens with two attached hydrogens (primary N) is 1. The zero-order valence-electron chi connectivity index (χ0n) is 11.0. The van der Waals surface area contributed by atoms with Crippen LogP contribution in [0.3, 0.4) is 0 Å². The lowest BCUT2D eigenvalue weighted by molar-refractivity contribution is 0.250. The Morgan fingerprint density at radius 1 is 1.42 bits per heavy atom. The summed E-state index contributed by atoms with van der Waals surface area (Å²) in [4.78, 5) is 0.216. The summed E-state index contributed by atoms with van der Waals surface area (Å²) >= 11 is 5.90. The van der Waals surface area contributed by atoms with Gasteiger partial charge < -0.3 is 5.73 Å². The van der Waals surface area contributed by atoms with E-state index >= 15 is 0 Å². The van der Waals surface area contributed by atoms with Gasteiger partial charge in [-0.3, -0.25) is 0 Å². The van der Waals surface area contributed by atoms with Crippen LogP contribution in [0.15, 0.2) is 23.1 Å². The van der Waals surface area contributed by atoms with Gasteiger partial charge in [-0.25, -0.2) is 8.42 Å². The van der Waals surface area contributed by atoms with Crippen molar-refractivity contribution in [1.29, 1.82) is 0 Å². The van der Waals surface area contributed by atoms with Gasteiger partial charge in [0.15, 0.2) is 0 Å². The number of nitrogens with zero attached hydrogens (tertiary/aromatic N) is 1. The molecule has 2 rings (SSSR count). The Balaban J connectivity index is 2.25. The summed E-state index contributed by atoms with van der Waals surface area (Å²) < 4.78 is 26.6. The van der Waals surface area contributed by atoms with E-state index in [0.29, 0.717) is 24.7 Å². The molecule has 0 unspecified atom stereocenters. The Hall–Kier alpha value is -0.780. The first-order valence-electron chi connectivity index (χ1n) is 6.50. The molecule has 0 heterocycles. The van der Waals surface area contributed by atoms with E-state index in [1.54, 1.807) is 0 Å². The van der Waals surface area contributed by atoms with E-state index < -0.39 is 10.0 Å². The fourth-order valence-corrected chi connectivity index (χ4v) is 3.98. The summed E-state index contributed by atoms with van der Waals surface area (Å²) in [5, 5.41) is 0.278. The number of nitrogen functional groups attached to an aromatic ring is 1. The highest BCUT2D eigenvalue weighted by molar-refractivity contribution is 7.89. The number of anilines is 1. The number of hydrogen-bond acceptors (Lipinski definition) is 3. The first-order chi connectivity index (χ1) is 8.95. The summed E-state index contributed by atoms with van der Waals surface area (Å²) in [6.45, 7) is 2.93. The van der Waals surface area contributed by atoms with E-state index in [0.717, 1.165) is 12.8 Å². The summed E-state index contributed by atoms with van der Waals surface area (Å²) in [5.74, 6) is 0.499. The second kappa shape index (κ2) is 5.69. The Kier molecular flexibility index (Phi) is 4.38. The summed E-state index contributed by atoms with van der Waals surface area (Å²) in [5.41, 5.74) is 6.00. The normalized spacial score (nSPS) is 16.6. The third-order valence-electron chi connectivity index (χ3n) is 3.65. The summed E-state index contributed by atoms with van der Waals surface area (Å²) in [6, 6.07) is 4.47. The minimum absolute atomic E-state index is 0.216. The minimum atomic E-state index is -3.47. The van der Waals surface area contributed by atoms with Gasteiger partial charge in [0.1, 0.15) is 0 Å². The molecule has 6 heteroatoms. The SMILES string of the molecule is CCN(CC1CCC1)S(=O)(=O)c1ccc(N)c(Cl)c1. The van der Waals surface area contributed by atoms with Crippen molar-refractivity contribution in [2.24, 2.45) is 5.92 Å². The molecule has 0 spiro atoms. The predicted octanol–water partition coefficient (Wildman–Crippen LogP) is 2.73. The van der Waals surface area contributed by atoms with Crippen LogP contribution >= 0.6 is 11.6 Å². The first-order valence-corrected chi connectivity index (χ1v) is 8.32. The topological polar surface area (TPSA) is 63.4 Å². The molecule has 2 N–H and O–H groups in total. The van der Waals surface area contributed by atoms with Crippen molar-refractivity contribution in [3.63, 3.8) is 0 Å². The first kappa shape index (κ1) is 14.6. The van der Waals surface area contributed by atoms with Crippen molar-refractivity contribution in [3.05, 3.63) is 23.2 Å². The highest BCUT2D eigenvalue weighted by Crippen LogP contribution is 2.30. The third kappa shape index (κ3) is 3.04. The van der Waals surface area contributed by atoms with Crippen LogP contribution in [0.2, 0.25) is 5.02 Å². The maximum absolute atomic E-state index is 12.5. The highest BCUT2D eigenvalue weighted by atomic mass is 35.5. The van der Waals surface area contributed by atoms with Gasteiger partial charge in [-0.2, -0.15) is 4.31 Å². The average molecular weight is 303 g/mol. The molecule has 0 saturated heterocycles. The van der Waals surface area contributed by atoms with Crippen LogP contribution < -0.4 is 5.73 Å². The van der Waals surface area contributed by atoms with Gasteiger partial charge in [0, 0.05) is 13.1 Å². The van der Waals surface area contributed by atoms with Gasteiger partial charge >= 0.3 is 0 Å². The standard InChI is InChI=1S/C13H19ClN2O2S/c1-2-16(9-10-4-3-5-10)19(17,18)11-6-7-13(15)12(14)8-11/h6-8,10H,2-5,9,15H2,1H3. The maximum atomic E-state index is 12.5. The van der Waals surface area contributed by atoms with Gasteiger partial charge in [-0.15, -0.1) is 0 Å². The number of hydrogen-bond donors (Lipinski definition) is 1. The van der Waals surface area contributed by atoms with E-state index in [2.05, 4.69) is 0 Å². The zero-order chi connectivity index (χ0) is 14.0. The number of halogens is 1. The molecular weight excluding hydrogens is 284 g/mol. The molecule has 0 bridgehead atoms.